The molecule has 3 fully saturated rings. The maximum atomic E-state index is 14.2. The largest absolute Gasteiger partial charge is 0.490 e. The standard InChI is InChI=1S/C50H60ClN7O7S/c1-31(33-6-8-34(9-7-33)47-32(2)54-30-66-47)20-45(61)44-24-38(59)28-58(44)49(63)42(50(3,4)5)23-39(60)29-64-19-18-56-14-16-57(17-15-56)46-13-11-36(27-53-46)48(62)55-37-21-41(22-37)65-40-12-10-35(26-52)43(51)25-40/h6-13,25,27,30-31,37-38,41-42,44,59H,14-24,28-29H2,1-5H3,(H,55,62)/t31-,37?,38-,41?,42-,44+/m1/s1. The number of aliphatic hydroxyl groups excluding tert-OH is 1. The highest BCUT2D eigenvalue weighted by Gasteiger charge is 2.44. The number of rotatable bonds is 18. The molecule has 7 rings (SSSR count). The number of carbonyl (C=O) groups is 4. The molecule has 4 atom stereocenters. The molecule has 2 aromatic carbocycles. The SMILES string of the molecule is Cc1ncsc1-c1ccc([C@H](C)CC(=O)[C@@H]2C[C@@H](O)CN2C(=O)[C@@H](CC(=O)COCCN2CCN(c3ccc(C(=O)NC4CC(Oc5ccc(C#N)c(Cl)c5)C4)cn3)CC2)C(C)(C)C)cc1. The van der Waals surface area contributed by atoms with Gasteiger partial charge >= 0.3 is 0 Å². The lowest BCUT2D eigenvalue weighted by molar-refractivity contribution is -0.146. The molecular weight excluding hydrogens is 878 g/mol. The van der Waals surface area contributed by atoms with Gasteiger partial charge in [0.25, 0.3) is 5.91 Å². The average Bonchev–Trinajstić information content (AvgIpc) is 3.91. The monoisotopic (exact) mass is 937 g/mol. The van der Waals surface area contributed by atoms with E-state index in [1.54, 1.807) is 41.8 Å². The molecule has 1 aliphatic carbocycles. The number of anilines is 1. The van der Waals surface area contributed by atoms with E-state index in [1.807, 2.05) is 64.4 Å². The van der Waals surface area contributed by atoms with Gasteiger partial charge in [0, 0.05) is 95.6 Å². The average molecular weight is 939 g/mol. The summed E-state index contributed by atoms with van der Waals surface area (Å²) in [5, 5.41) is 23.2. The fourth-order valence-electron chi connectivity index (χ4n) is 8.90. The first-order chi connectivity index (χ1) is 31.6. The van der Waals surface area contributed by atoms with Crippen LogP contribution in [-0.4, -0.2) is 125 Å². The molecule has 4 heterocycles. The third kappa shape index (κ3) is 12.2. The summed E-state index contributed by atoms with van der Waals surface area (Å²) in [4.78, 5) is 70.2. The Hall–Kier alpha value is -5.24. The molecule has 1 saturated carbocycles. The minimum Gasteiger partial charge on any atom is -0.490 e. The van der Waals surface area contributed by atoms with Gasteiger partial charge in [-0.2, -0.15) is 5.26 Å². The van der Waals surface area contributed by atoms with Crippen LogP contribution in [0.15, 0.2) is 66.3 Å². The number of aryl methyl sites for hydroxylation is 1. The number of ketones is 2. The molecule has 0 bridgehead atoms. The zero-order valence-corrected chi connectivity index (χ0v) is 39.9. The summed E-state index contributed by atoms with van der Waals surface area (Å²) >= 11 is 7.71. The number of amides is 2. The van der Waals surface area contributed by atoms with E-state index in [0.29, 0.717) is 47.9 Å². The van der Waals surface area contributed by atoms with E-state index in [1.165, 1.54) is 4.90 Å². The van der Waals surface area contributed by atoms with E-state index in [-0.39, 0.29) is 73.9 Å². The van der Waals surface area contributed by atoms with Crippen LogP contribution < -0.4 is 15.0 Å². The Kier molecular flexibility index (Phi) is 15.9. The number of pyridine rings is 1. The molecule has 2 aromatic heterocycles. The van der Waals surface area contributed by atoms with Crippen molar-refractivity contribution in [1.29, 1.82) is 5.26 Å². The van der Waals surface area contributed by atoms with Crippen molar-refractivity contribution in [1.82, 2.24) is 25.1 Å². The number of benzene rings is 2. The van der Waals surface area contributed by atoms with Crippen LogP contribution in [0.5, 0.6) is 5.75 Å². The summed E-state index contributed by atoms with van der Waals surface area (Å²) in [6.07, 6.45) is 2.48. The third-order valence-corrected chi connectivity index (χ3v) is 14.3. The van der Waals surface area contributed by atoms with Crippen molar-refractivity contribution in [3.63, 3.8) is 0 Å². The number of likely N-dealkylation sites (tertiary alicyclic amines) is 1. The van der Waals surface area contributed by atoms with Crippen LogP contribution in [0.3, 0.4) is 0 Å². The van der Waals surface area contributed by atoms with Crippen LogP contribution in [0, 0.1) is 29.6 Å². The maximum absolute atomic E-state index is 14.2. The number of thiazole rings is 1. The van der Waals surface area contributed by atoms with Crippen LogP contribution in [0.1, 0.15) is 92.9 Å². The summed E-state index contributed by atoms with van der Waals surface area (Å²) in [6.45, 7) is 13.8. The highest BCUT2D eigenvalue weighted by Crippen LogP contribution is 2.36. The number of β-amino-alcohol motifs (C(OH)–C–C–N with tert-alkyl or cyclic N) is 1. The van der Waals surface area contributed by atoms with Gasteiger partial charge < -0.3 is 29.7 Å². The Balaban J connectivity index is 0.805. The van der Waals surface area contributed by atoms with Crippen molar-refractivity contribution in [2.45, 2.75) is 96.9 Å². The number of Topliss-reactive ketones (excluding diaryl/α,β-unsaturated/α-hetero) is 2. The lowest BCUT2D eigenvalue weighted by Gasteiger charge is -2.36. The number of aromatic nitrogens is 2. The number of nitrogens with one attached hydrogen (secondary N) is 1. The molecule has 16 heteroatoms. The van der Waals surface area contributed by atoms with E-state index >= 15 is 0 Å². The van der Waals surface area contributed by atoms with Gasteiger partial charge in [0.2, 0.25) is 5.91 Å². The van der Waals surface area contributed by atoms with Gasteiger partial charge in [0.1, 0.15) is 30.3 Å². The molecule has 2 saturated heterocycles. The second-order valence-corrected chi connectivity index (χ2v) is 20.2. The number of hydrogen-bond acceptors (Lipinski definition) is 13. The number of nitrogens with zero attached hydrogens (tertiary/aromatic N) is 6. The topological polar surface area (TPSA) is 178 Å². The quantitative estimate of drug-likeness (QED) is 0.0993. The fourth-order valence-corrected chi connectivity index (χ4v) is 9.92. The van der Waals surface area contributed by atoms with Crippen molar-refractivity contribution in [2.75, 3.05) is 57.4 Å². The van der Waals surface area contributed by atoms with Gasteiger partial charge in [0.05, 0.1) is 51.0 Å². The first-order valence-corrected chi connectivity index (χ1v) is 24.0. The number of carbonyl (C=O) groups excluding carboxylic acids is 4. The lowest BCUT2D eigenvalue weighted by Crippen LogP contribution is -2.49. The highest BCUT2D eigenvalue weighted by atomic mass is 35.5. The summed E-state index contributed by atoms with van der Waals surface area (Å²) in [7, 11) is 0. The van der Waals surface area contributed by atoms with Gasteiger partial charge in [-0.15, -0.1) is 11.3 Å². The van der Waals surface area contributed by atoms with E-state index in [2.05, 4.69) is 37.2 Å². The Morgan fingerprint density at radius 2 is 1.74 bits per heavy atom. The van der Waals surface area contributed by atoms with Gasteiger partial charge in [-0.1, -0.05) is 63.6 Å². The summed E-state index contributed by atoms with van der Waals surface area (Å²) in [5.74, 6) is -0.106. The normalized spacial score (nSPS) is 20.8. The summed E-state index contributed by atoms with van der Waals surface area (Å²) < 4.78 is 11.8. The van der Waals surface area contributed by atoms with Gasteiger partial charge in [-0.05, 0) is 53.6 Å². The van der Waals surface area contributed by atoms with Crippen LogP contribution >= 0.6 is 22.9 Å². The molecule has 2 aliphatic heterocycles. The molecule has 2 N–H and O–H groups in total. The van der Waals surface area contributed by atoms with Gasteiger partial charge in [0.15, 0.2) is 11.6 Å². The second kappa shape index (κ2) is 21.6. The Labute approximate surface area is 396 Å². The second-order valence-electron chi connectivity index (χ2n) is 18.9. The van der Waals surface area contributed by atoms with E-state index in [9.17, 15) is 24.3 Å². The minimum absolute atomic E-state index is 0.00639. The van der Waals surface area contributed by atoms with Crippen molar-refractivity contribution in [3.05, 3.63) is 93.7 Å². The first-order valence-electron chi connectivity index (χ1n) is 22.8. The molecule has 0 spiro atoms. The van der Waals surface area contributed by atoms with Crippen molar-refractivity contribution >= 4 is 52.1 Å². The Bertz CT molecular complexity index is 2380. The Morgan fingerprint density at radius 3 is 2.38 bits per heavy atom. The maximum Gasteiger partial charge on any atom is 0.253 e. The number of ether oxygens (including phenoxy) is 2. The highest BCUT2D eigenvalue weighted by molar-refractivity contribution is 7.13. The van der Waals surface area contributed by atoms with Gasteiger partial charge in [-0.25, -0.2) is 9.97 Å². The lowest BCUT2D eigenvalue weighted by atomic mass is 9.76. The smallest absolute Gasteiger partial charge is 0.253 e. The van der Waals surface area contributed by atoms with Crippen molar-refractivity contribution in [2.24, 2.45) is 11.3 Å². The van der Waals surface area contributed by atoms with Gasteiger partial charge in [-0.3, -0.25) is 24.1 Å². The number of piperazine rings is 1. The molecule has 2 amide bonds. The molecule has 0 unspecified atom stereocenters. The van der Waals surface area contributed by atoms with E-state index in [4.69, 9.17) is 26.3 Å². The van der Waals surface area contributed by atoms with Crippen LogP contribution in [0.2, 0.25) is 5.02 Å². The van der Waals surface area contributed by atoms with Crippen molar-refractivity contribution in [3.8, 4) is 22.3 Å². The number of aliphatic hydroxyl groups is 1. The molecule has 350 valence electrons. The first kappa shape index (κ1) is 48.7. The number of halogens is 1. The van der Waals surface area contributed by atoms with Crippen molar-refractivity contribution < 1.29 is 33.8 Å². The van der Waals surface area contributed by atoms with E-state index < -0.39 is 23.5 Å². The fraction of sp³-hybridized carbons (Fsp3) is 0.500. The third-order valence-electron chi connectivity index (χ3n) is 13.0. The van der Waals surface area contributed by atoms with Crippen LogP contribution in [-0.2, 0) is 19.1 Å². The molecular formula is C50H60ClN7O7S. The summed E-state index contributed by atoms with van der Waals surface area (Å²) in [5.41, 5.74) is 5.24. The van der Waals surface area contributed by atoms with E-state index in [0.717, 1.165) is 53.7 Å². The summed E-state index contributed by atoms with van der Waals surface area (Å²) in [6, 6.07) is 18.1. The molecule has 4 aromatic rings. The molecule has 14 nitrogen and oxygen atoms in total. The van der Waals surface area contributed by atoms with Crippen LogP contribution in [0.25, 0.3) is 10.4 Å². The van der Waals surface area contributed by atoms with Crippen LogP contribution in [0.4, 0.5) is 5.82 Å². The predicted molar refractivity (Wildman–Crippen MR) is 254 cm³/mol. The minimum atomic E-state index is -0.810. The predicted octanol–water partition coefficient (Wildman–Crippen LogP) is 6.86. The Morgan fingerprint density at radius 1 is 1.00 bits per heavy atom. The zero-order valence-electron chi connectivity index (χ0n) is 38.4. The molecule has 0 radical (unpaired) electrons. The number of hydrogen-bond donors (Lipinski definition) is 2. The number of nitriles is 1. The molecule has 66 heavy (non-hydrogen) atoms. The molecule has 3 aliphatic rings. The zero-order chi connectivity index (χ0) is 47.1.